The Hall–Kier alpha value is -1.39. The van der Waals surface area contributed by atoms with E-state index in [1.807, 2.05) is 0 Å². The fraction of sp³-hybridized carbons (Fsp3) is 0.750. The zero-order valence-electron chi connectivity index (χ0n) is 9.81. The summed E-state index contributed by atoms with van der Waals surface area (Å²) in [5.74, 6) is 0.0229. The van der Waals surface area contributed by atoms with Crippen molar-refractivity contribution in [2.75, 3.05) is 13.6 Å². The predicted molar refractivity (Wildman–Crippen MR) is 58.6 cm³/mol. The molecule has 5 heteroatoms. The minimum absolute atomic E-state index is 0.111. The van der Waals surface area contributed by atoms with Crippen LogP contribution in [0.5, 0.6) is 0 Å². The molecule has 1 N–H and O–H groups in total. The van der Waals surface area contributed by atoms with Crippen LogP contribution in [0.25, 0.3) is 0 Å². The summed E-state index contributed by atoms with van der Waals surface area (Å²) in [7, 11) is 1.51. The van der Waals surface area contributed by atoms with Gasteiger partial charge < -0.3 is 5.32 Å². The van der Waals surface area contributed by atoms with Gasteiger partial charge in [-0.05, 0) is 31.1 Å². The van der Waals surface area contributed by atoms with E-state index in [1.165, 1.54) is 11.9 Å². The minimum Gasteiger partial charge on any atom is -0.358 e. The molecule has 17 heavy (non-hydrogen) atoms. The van der Waals surface area contributed by atoms with Gasteiger partial charge in [-0.15, -0.1) is 0 Å². The van der Waals surface area contributed by atoms with Crippen LogP contribution in [-0.2, 0) is 14.4 Å². The molecule has 5 nitrogen and oxygen atoms in total. The van der Waals surface area contributed by atoms with Gasteiger partial charge in [0, 0.05) is 7.05 Å². The van der Waals surface area contributed by atoms with Gasteiger partial charge >= 0.3 is 0 Å². The van der Waals surface area contributed by atoms with Gasteiger partial charge in [-0.1, -0.05) is 0 Å². The summed E-state index contributed by atoms with van der Waals surface area (Å²) < 4.78 is 0. The maximum absolute atomic E-state index is 12.2. The van der Waals surface area contributed by atoms with E-state index >= 15 is 0 Å². The van der Waals surface area contributed by atoms with Crippen molar-refractivity contribution in [3.05, 3.63) is 0 Å². The highest BCUT2D eigenvalue weighted by Crippen LogP contribution is 2.55. The number of carbonyl (C=O) groups is 3. The molecule has 0 aromatic heterocycles. The van der Waals surface area contributed by atoms with Crippen LogP contribution in [0.3, 0.4) is 0 Å². The molecule has 1 heterocycles. The number of likely N-dealkylation sites (tertiary alicyclic amines) is 1. The molecule has 3 rings (SSSR count). The highest BCUT2D eigenvalue weighted by molar-refractivity contribution is 6.08. The number of imide groups is 1. The molecule has 0 unspecified atom stereocenters. The summed E-state index contributed by atoms with van der Waals surface area (Å²) in [5.41, 5.74) is 0. The van der Waals surface area contributed by atoms with E-state index in [4.69, 9.17) is 0 Å². The van der Waals surface area contributed by atoms with Gasteiger partial charge in [0.2, 0.25) is 17.7 Å². The zero-order valence-corrected chi connectivity index (χ0v) is 9.81. The van der Waals surface area contributed by atoms with Gasteiger partial charge in [-0.2, -0.15) is 0 Å². The zero-order chi connectivity index (χ0) is 12.2. The Morgan fingerprint density at radius 1 is 1.24 bits per heavy atom. The molecule has 0 spiro atoms. The number of carbonyl (C=O) groups excluding carboxylic acids is 3. The lowest BCUT2D eigenvalue weighted by Crippen LogP contribution is -2.40. The number of nitrogens with zero attached hydrogens (tertiary/aromatic N) is 1. The smallest absolute Gasteiger partial charge is 0.239 e. The molecule has 3 fully saturated rings. The van der Waals surface area contributed by atoms with E-state index in [-0.39, 0.29) is 36.1 Å². The second-order valence-corrected chi connectivity index (χ2v) is 5.32. The Kier molecular flexibility index (Phi) is 2.24. The van der Waals surface area contributed by atoms with Crippen LogP contribution < -0.4 is 5.32 Å². The lowest BCUT2D eigenvalue weighted by atomic mass is 9.81. The Labute approximate surface area is 99.5 Å². The number of fused-ring (bicyclic) bond motifs is 5. The van der Waals surface area contributed by atoms with E-state index in [1.54, 1.807) is 0 Å². The molecule has 3 amide bonds. The fourth-order valence-corrected chi connectivity index (χ4v) is 3.85. The lowest BCUT2D eigenvalue weighted by Gasteiger charge is -2.19. The Balaban J connectivity index is 1.83. The quantitative estimate of drug-likeness (QED) is 0.673. The number of hydrogen-bond acceptors (Lipinski definition) is 3. The number of nitrogens with one attached hydrogen (secondary N) is 1. The molecule has 92 valence electrons. The number of amides is 3. The first-order valence-electron chi connectivity index (χ1n) is 6.19. The van der Waals surface area contributed by atoms with Crippen LogP contribution in [0.2, 0.25) is 0 Å². The van der Waals surface area contributed by atoms with Gasteiger partial charge in [0.1, 0.15) is 6.54 Å². The monoisotopic (exact) mass is 236 g/mol. The van der Waals surface area contributed by atoms with Crippen molar-refractivity contribution >= 4 is 17.7 Å². The first-order valence-corrected chi connectivity index (χ1v) is 6.19. The van der Waals surface area contributed by atoms with Crippen LogP contribution in [-0.4, -0.2) is 36.2 Å². The topological polar surface area (TPSA) is 66.5 Å². The third kappa shape index (κ3) is 1.34. The van der Waals surface area contributed by atoms with E-state index in [2.05, 4.69) is 5.32 Å². The molecule has 3 aliphatic rings. The van der Waals surface area contributed by atoms with Crippen LogP contribution >= 0.6 is 0 Å². The van der Waals surface area contributed by atoms with Crippen LogP contribution in [0.15, 0.2) is 0 Å². The largest absolute Gasteiger partial charge is 0.358 e. The average Bonchev–Trinajstić information content (AvgIpc) is 2.98. The Bertz CT molecular complexity index is 379. The van der Waals surface area contributed by atoms with Crippen molar-refractivity contribution in [3.8, 4) is 0 Å². The van der Waals surface area contributed by atoms with Crippen molar-refractivity contribution in [1.82, 2.24) is 10.2 Å². The standard InChI is InChI=1S/C12H16N2O3/c1-13-8(15)5-14-11(16)9-6-2-3-7(4-6)10(9)12(14)17/h6-7,9-10H,2-5H2,1H3,(H,13,15)/t6-,7-,9+,10+/m0/s1. The maximum atomic E-state index is 12.2. The molecule has 0 radical (unpaired) electrons. The molecule has 4 atom stereocenters. The van der Waals surface area contributed by atoms with Crippen molar-refractivity contribution < 1.29 is 14.4 Å². The van der Waals surface area contributed by atoms with Gasteiger partial charge in [0.15, 0.2) is 0 Å². The maximum Gasteiger partial charge on any atom is 0.239 e. The molecular formula is C12H16N2O3. The Morgan fingerprint density at radius 2 is 1.76 bits per heavy atom. The molecule has 2 bridgehead atoms. The van der Waals surface area contributed by atoms with Gasteiger partial charge in [0.25, 0.3) is 0 Å². The van der Waals surface area contributed by atoms with Crippen LogP contribution in [0, 0.1) is 23.7 Å². The van der Waals surface area contributed by atoms with Crippen molar-refractivity contribution in [2.45, 2.75) is 19.3 Å². The second-order valence-electron chi connectivity index (χ2n) is 5.32. The van der Waals surface area contributed by atoms with E-state index in [0.717, 1.165) is 19.3 Å². The highest BCUT2D eigenvalue weighted by Gasteiger charge is 2.60. The summed E-state index contributed by atoms with van der Waals surface area (Å²) in [6.07, 6.45) is 3.16. The van der Waals surface area contributed by atoms with Crippen molar-refractivity contribution in [2.24, 2.45) is 23.7 Å². The average molecular weight is 236 g/mol. The first-order chi connectivity index (χ1) is 8.13. The summed E-state index contributed by atoms with van der Waals surface area (Å²) >= 11 is 0. The van der Waals surface area contributed by atoms with Gasteiger partial charge in [-0.3, -0.25) is 19.3 Å². The van der Waals surface area contributed by atoms with Gasteiger partial charge in [0.05, 0.1) is 11.8 Å². The molecule has 1 saturated heterocycles. The number of likely N-dealkylation sites (N-methyl/N-ethyl adjacent to an activating group) is 1. The Morgan fingerprint density at radius 3 is 2.24 bits per heavy atom. The first kappa shape index (κ1) is 10.7. The van der Waals surface area contributed by atoms with E-state index in [9.17, 15) is 14.4 Å². The second kappa shape index (κ2) is 3.55. The predicted octanol–water partition coefficient (Wildman–Crippen LogP) is -0.237. The van der Waals surface area contributed by atoms with Gasteiger partial charge in [-0.25, -0.2) is 0 Å². The molecule has 1 aliphatic heterocycles. The SMILES string of the molecule is CNC(=O)CN1C(=O)[C@@H]2[C@H]3CC[C@@H](C3)[C@H]2C1=O. The normalized spacial score (nSPS) is 38.8. The van der Waals surface area contributed by atoms with Crippen LogP contribution in [0.1, 0.15) is 19.3 Å². The fourth-order valence-electron chi connectivity index (χ4n) is 3.85. The van der Waals surface area contributed by atoms with E-state index in [0.29, 0.717) is 11.8 Å². The van der Waals surface area contributed by atoms with Crippen molar-refractivity contribution in [3.63, 3.8) is 0 Å². The van der Waals surface area contributed by atoms with Crippen LogP contribution in [0.4, 0.5) is 0 Å². The third-order valence-corrected chi connectivity index (χ3v) is 4.60. The molecule has 2 saturated carbocycles. The highest BCUT2D eigenvalue weighted by atomic mass is 16.2. The summed E-state index contributed by atoms with van der Waals surface area (Å²) in [6, 6.07) is 0. The third-order valence-electron chi connectivity index (χ3n) is 4.60. The summed E-state index contributed by atoms with van der Waals surface area (Å²) in [4.78, 5) is 36.8. The molecule has 2 aliphatic carbocycles. The number of hydrogen-bond donors (Lipinski definition) is 1. The summed E-state index contributed by atoms with van der Waals surface area (Å²) in [5, 5.41) is 2.45. The number of rotatable bonds is 2. The molecule has 0 aromatic rings. The summed E-state index contributed by atoms with van der Waals surface area (Å²) in [6.45, 7) is -0.111. The molecular weight excluding hydrogens is 220 g/mol. The minimum atomic E-state index is -0.279. The molecule has 0 aromatic carbocycles. The lowest BCUT2D eigenvalue weighted by molar-refractivity contribution is -0.144. The van der Waals surface area contributed by atoms with E-state index < -0.39 is 0 Å². The van der Waals surface area contributed by atoms with Crippen molar-refractivity contribution in [1.29, 1.82) is 0 Å².